The molecule has 200 valence electrons. The number of allylic oxidation sites excluding steroid dienone is 1. The summed E-state index contributed by atoms with van der Waals surface area (Å²) < 4.78 is 17.4. The van der Waals surface area contributed by atoms with E-state index in [2.05, 4.69) is 22.1 Å². The number of anilines is 1. The zero-order valence-corrected chi connectivity index (χ0v) is 22.9. The van der Waals surface area contributed by atoms with E-state index in [9.17, 15) is 14.4 Å². The highest BCUT2D eigenvalue weighted by Gasteiger charge is 2.22. The summed E-state index contributed by atoms with van der Waals surface area (Å²) in [5, 5.41) is 12.3. The van der Waals surface area contributed by atoms with E-state index < -0.39 is 23.9 Å². The summed E-state index contributed by atoms with van der Waals surface area (Å²) in [5.74, 6) is -0.534. The average Bonchev–Trinajstić information content (AvgIpc) is 3.30. The first-order valence-electron chi connectivity index (χ1n) is 11.4. The molecule has 2 aromatic carbocycles. The highest BCUT2D eigenvalue weighted by molar-refractivity contribution is 7.99. The first kappa shape index (κ1) is 28.7. The third-order valence-corrected chi connectivity index (χ3v) is 6.52. The monoisotopic (exact) mass is 558 g/mol. The van der Waals surface area contributed by atoms with Crippen molar-refractivity contribution >= 4 is 46.9 Å². The van der Waals surface area contributed by atoms with Crippen molar-refractivity contribution in [2.24, 2.45) is 0 Å². The van der Waals surface area contributed by atoms with Gasteiger partial charge in [-0.25, -0.2) is 9.59 Å². The van der Waals surface area contributed by atoms with Gasteiger partial charge < -0.3 is 19.5 Å². The zero-order chi connectivity index (χ0) is 27.8. The summed E-state index contributed by atoms with van der Waals surface area (Å²) in [5.41, 5.74) is 1.27. The van der Waals surface area contributed by atoms with E-state index in [1.54, 1.807) is 22.8 Å². The van der Waals surface area contributed by atoms with Crippen LogP contribution in [0.1, 0.15) is 45.1 Å². The van der Waals surface area contributed by atoms with Crippen LogP contribution in [0.25, 0.3) is 0 Å². The van der Waals surface area contributed by atoms with Crippen LogP contribution in [-0.4, -0.2) is 52.6 Å². The van der Waals surface area contributed by atoms with Gasteiger partial charge in [-0.1, -0.05) is 29.4 Å². The number of benzene rings is 2. The fourth-order valence-corrected chi connectivity index (χ4v) is 4.47. The fourth-order valence-electron chi connectivity index (χ4n) is 3.49. The van der Waals surface area contributed by atoms with Crippen LogP contribution in [0.15, 0.2) is 54.2 Å². The maximum atomic E-state index is 12.8. The van der Waals surface area contributed by atoms with Gasteiger partial charge in [0, 0.05) is 11.6 Å². The highest BCUT2D eigenvalue weighted by atomic mass is 35.5. The third-order valence-electron chi connectivity index (χ3n) is 5.31. The SMILES string of the molecule is C=CCn1c(SCC(=O)Nc2cc(C(=O)OC)ccc2C(=O)OC)nnc1C(C)Oc1ccc(Cl)cc1C. The Balaban J connectivity index is 1.75. The van der Waals surface area contributed by atoms with Crippen LogP contribution in [0.5, 0.6) is 5.75 Å². The van der Waals surface area contributed by atoms with Gasteiger partial charge in [0.05, 0.1) is 36.8 Å². The van der Waals surface area contributed by atoms with Crippen LogP contribution in [0.2, 0.25) is 5.02 Å². The van der Waals surface area contributed by atoms with Gasteiger partial charge in [-0.3, -0.25) is 9.36 Å². The molecule has 0 aliphatic heterocycles. The Morgan fingerprint density at radius 3 is 2.53 bits per heavy atom. The van der Waals surface area contributed by atoms with Crippen molar-refractivity contribution in [2.75, 3.05) is 25.3 Å². The van der Waals surface area contributed by atoms with Crippen molar-refractivity contribution in [3.8, 4) is 5.75 Å². The summed E-state index contributed by atoms with van der Waals surface area (Å²) in [6, 6.07) is 9.51. The van der Waals surface area contributed by atoms with E-state index in [1.807, 2.05) is 19.9 Å². The third kappa shape index (κ3) is 6.93. The Kier molecular flexibility index (Phi) is 9.91. The molecule has 1 unspecified atom stereocenters. The van der Waals surface area contributed by atoms with E-state index in [4.69, 9.17) is 25.8 Å². The summed E-state index contributed by atoms with van der Waals surface area (Å²) >= 11 is 7.19. The maximum Gasteiger partial charge on any atom is 0.339 e. The molecule has 0 bridgehead atoms. The second-order valence-electron chi connectivity index (χ2n) is 7.99. The number of esters is 2. The molecule has 0 saturated carbocycles. The van der Waals surface area contributed by atoms with Crippen molar-refractivity contribution in [1.82, 2.24) is 14.8 Å². The molecule has 0 spiro atoms. The summed E-state index contributed by atoms with van der Waals surface area (Å²) in [6.07, 6.45) is 1.24. The number of carbonyl (C=O) groups is 3. The molecule has 38 heavy (non-hydrogen) atoms. The second-order valence-corrected chi connectivity index (χ2v) is 9.37. The molecule has 3 aromatic rings. The van der Waals surface area contributed by atoms with E-state index in [0.29, 0.717) is 28.3 Å². The van der Waals surface area contributed by atoms with E-state index in [-0.39, 0.29) is 22.6 Å². The Labute approximate surface area is 229 Å². The van der Waals surface area contributed by atoms with Gasteiger partial charge in [-0.2, -0.15) is 0 Å². The number of ether oxygens (including phenoxy) is 3. The lowest BCUT2D eigenvalue weighted by Gasteiger charge is -2.17. The van der Waals surface area contributed by atoms with Crippen molar-refractivity contribution < 1.29 is 28.6 Å². The number of hydrogen-bond donors (Lipinski definition) is 1. The molecule has 1 N–H and O–H groups in total. The van der Waals surface area contributed by atoms with Crippen LogP contribution < -0.4 is 10.1 Å². The molecule has 12 heteroatoms. The van der Waals surface area contributed by atoms with Gasteiger partial charge in [-0.15, -0.1) is 16.8 Å². The van der Waals surface area contributed by atoms with Crippen LogP contribution in [0.3, 0.4) is 0 Å². The first-order chi connectivity index (χ1) is 18.2. The molecule has 3 rings (SSSR count). The molecule has 1 heterocycles. The van der Waals surface area contributed by atoms with Gasteiger partial charge >= 0.3 is 11.9 Å². The molecule has 0 aliphatic rings. The predicted octanol–water partition coefficient (Wildman–Crippen LogP) is 4.87. The number of amides is 1. The number of hydrogen-bond acceptors (Lipinski definition) is 9. The molecule has 0 saturated heterocycles. The summed E-state index contributed by atoms with van der Waals surface area (Å²) in [6.45, 7) is 7.94. The molecular weight excluding hydrogens is 532 g/mol. The van der Waals surface area contributed by atoms with Gasteiger partial charge in [0.1, 0.15) is 5.75 Å². The van der Waals surface area contributed by atoms with Gasteiger partial charge in [0.25, 0.3) is 0 Å². The number of aromatic nitrogens is 3. The van der Waals surface area contributed by atoms with Crippen LogP contribution in [-0.2, 0) is 20.8 Å². The Bertz CT molecular complexity index is 1360. The largest absolute Gasteiger partial charge is 0.482 e. The highest BCUT2D eigenvalue weighted by Crippen LogP contribution is 2.28. The quantitative estimate of drug-likeness (QED) is 0.199. The Hall–Kier alpha value is -3.83. The molecule has 0 aliphatic carbocycles. The number of halogens is 1. The lowest BCUT2D eigenvalue weighted by atomic mass is 10.1. The summed E-state index contributed by atoms with van der Waals surface area (Å²) in [4.78, 5) is 36.9. The van der Waals surface area contributed by atoms with Crippen LogP contribution in [0.4, 0.5) is 5.69 Å². The molecule has 1 atom stereocenters. The van der Waals surface area contributed by atoms with Gasteiger partial charge in [0.2, 0.25) is 5.91 Å². The summed E-state index contributed by atoms with van der Waals surface area (Å²) in [7, 11) is 2.46. The topological polar surface area (TPSA) is 122 Å². The number of carbonyl (C=O) groups excluding carboxylic acids is 3. The number of nitrogens with one attached hydrogen (secondary N) is 1. The van der Waals surface area contributed by atoms with E-state index in [1.165, 1.54) is 32.4 Å². The Morgan fingerprint density at radius 2 is 1.87 bits per heavy atom. The first-order valence-corrected chi connectivity index (χ1v) is 12.7. The average molecular weight is 559 g/mol. The number of methoxy groups -OCH3 is 2. The Morgan fingerprint density at radius 1 is 1.13 bits per heavy atom. The van der Waals surface area contributed by atoms with Crippen molar-refractivity contribution in [1.29, 1.82) is 0 Å². The van der Waals surface area contributed by atoms with E-state index >= 15 is 0 Å². The molecular formula is C26H27ClN4O6S. The number of thioether (sulfide) groups is 1. The van der Waals surface area contributed by atoms with Gasteiger partial charge in [0.15, 0.2) is 17.1 Å². The zero-order valence-electron chi connectivity index (χ0n) is 21.3. The maximum absolute atomic E-state index is 12.8. The predicted molar refractivity (Wildman–Crippen MR) is 144 cm³/mol. The smallest absolute Gasteiger partial charge is 0.339 e. The van der Waals surface area contributed by atoms with Crippen molar-refractivity contribution in [3.63, 3.8) is 0 Å². The molecule has 1 amide bonds. The fraction of sp³-hybridized carbons (Fsp3) is 0.269. The number of rotatable bonds is 11. The molecule has 0 fully saturated rings. The minimum atomic E-state index is -0.662. The lowest BCUT2D eigenvalue weighted by Crippen LogP contribution is -2.18. The minimum Gasteiger partial charge on any atom is -0.482 e. The second kappa shape index (κ2) is 13.1. The normalized spacial score (nSPS) is 11.4. The minimum absolute atomic E-state index is 0.0517. The number of aryl methyl sites for hydroxylation is 1. The number of nitrogens with zero attached hydrogens (tertiary/aromatic N) is 3. The molecule has 0 radical (unpaired) electrons. The van der Waals surface area contributed by atoms with Crippen LogP contribution >= 0.6 is 23.4 Å². The van der Waals surface area contributed by atoms with E-state index in [0.717, 1.165) is 17.3 Å². The van der Waals surface area contributed by atoms with Gasteiger partial charge in [-0.05, 0) is 55.8 Å². The van der Waals surface area contributed by atoms with Crippen molar-refractivity contribution in [3.05, 3.63) is 76.6 Å². The molecule has 1 aromatic heterocycles. The standard InChI is InChI=1S/C26H27ClN4O6S/c1-6-11-31-23(16(3)37-21-10-8-18(27)12-15(21)2)29-30-26(31)38-14-22(32)28-20-13-17(24(33)35-4)7-9-19(20)25(34)36-5/h6-10,12-13,16H,1,11,14H2,2-5H3,(H,28,32). The lowest BCUT2D eigenvalue weighted by molar-refractivity contribution is -0.113. The van der Waals surface area contributed by atoms with Crippen LogP contribution in [0, 0.1) is 6.92 Å². The van der Waals surface area contributed by atoms with Crippen molar-refractivity contribution in [2.45, 2.75) is 31.7 Å². The molecule has 10 nitrogen and oxygen atoms in total.